The summed E-state index contributed by atoms with van der Waals surface area (Å²) in [4.78, 5) is 29.0. The minimum atomic E-state index is -0.519. The molecule has 1 heterocycles. The first-order chi connectivity index (χ1) is 14.5. The van der Waals surface area contributed by atoms with Crippen LogP contribution >= 0.6 is 0 Å². The van der Waals surface area contributed by atoms with Gasteiger partial charge in [0.2, 0.25) is 0 Å². The van der Waals surface area contributed by atoms with E-state index in [1.54, 1.807) is 29.2 Å². The lowest BCUT2D eigenvalue weighted by atomic mass is 10.1. The fourth-order valence-electron chi connectivity index (χ4n) is 3.38. The highest BCUT2D eigenvalue weighted by Gasteiger charge is 2.26. The number of piperazine rings is 1. The number of anilines is 4. The Balaban J connectivity index is 1.69. The summed E-state index contributed by atoms with van der Waals surface area (Å²) in [6, 6.07) is 10.8. The predicted octanol–water partition coefficient (Wildman–Crippen LogP) is 3.47. The summed E-state index contributed by atoms with van der Waals surface area (Å²) in [6.45, 7) is 9.83. The van der Waals surface area contributed by atoms with Crippen LogP contribution in [0, 0.1) is 6.92 Å². The molecule has 0 atom stereocenters. The summed E-state index contributed by atoms with van der Waals surface area (Å²) in [5, 5.41) is 2.90. The molecule has 0 radical (unpaired) electrons. The summed E-state index contributed by atoms with van der Waals surface area (Å²) in [6.07, 6.45) is -0.304. The molecule has 0 aliphatic carbocycles. The third kappa shape index (κ3) is 5.59. The van der Waals surface area contributed by atoms with E-state index in [0.717, 1.165) is 11.3 Å². The van der Waals surface area contributed by atoms with E-state index < -0.39 is 5.60 Å². The molecule has 5 N–H and O–H groups in total. The molecular weight excluding hydrogens is 394 g/mol. The second-order valence-electron chi connectivity index (χ2n) is 8.75. The van der Waals surface area contributed by atoms with Crippen LogP contribution in [0.15, 0.2) is 36.4 Å². The zero-order valence-electron chi connectivity index (χ0n) is 18.6. The number of amides is 2. The normalized spacial score (nSPS) is 14.3. The van der Waals surface area contributed by atoms with Gasteiger partial charge in [0.1, 0.15) is 5.60 Å². The average molecular weight is 426 g/mol. The number of carbonyl (C=O) groups excluding carboxylic acids is 2. The van der Waals surface area contributed by atoms with Gasteiger partial charge in [-0.15, -0.1) is 0 Å². The Labute approximate surface area is 183 Å². The number of hydrogen-bond donors (Lipinski definition) is 3. The van der Waals surface area contributed by atoms with Crippen LogP contribution in [0.25, 0.3) is 0 Å². The minimum Gasteiger partial charge on any atom is -0.444 e. The molecule has 0 spiro atoms. The molecule has 1 fully saturated rings. The Hall–Kier alpha value is -3.42. The van der Waals surface area contributed by atoms with E-state index in [2.05, 4.69) is 10.2 Å². The van der Waals surface area contributed by atoms with E-state index in [-0.39, 0.29) is 12.0 Å². The van der Waals surface area contributed by atoms with Crippen molar-refractivity contribution in [3.8, 4) is 0 Å². The zero-order chi connectivity index (χ0) is 22.8. The van der Waals surface area contributed by atoms with E-state index in [1.165, 1.54) is 0 Å². The summed E-state index contributed by atoms with van der Waals surface area (Å²) in [7, 11) is 0. The average Bonchev–Trinajstić information content (AvgIpc) is 2.70. The smallest absolute Gasteiger partial charge is 0.410 e. The van der Waals surface area contributed by atoms with Crippen molar-refractivity contribution in [3.63, 3.8) is 0 Å². The van der Waals surface area contributed by atoms with E-state index >= 15 is 0 Å². The van der Waals surface area contributed by atoms with E-state index in [9.17, 15) is 9.59 Å². The predicted molar refractivity (Wildman–Crippen MR) is 124 cm³/mol. The molecule has 8 nitrogen and oxygen atoms in total. The Morgan fingerprint density at radius 3 is 2.32 bits per heavy atom. The van der Waals surface area contributed by atoms with Crippen LogP contribution in [0.2, 0.25) is 0 Å². The highest BCUT2D eigenvalue weighted by Crippen LogP contribution is 2.25. The van der Waals surface area contributed by atoms with Crippen molar-refractivity contribution in [2.75, 3.05) is 47.9 Å². The molecule has 2 amide bonds. The van der Waals surface area contributed by atoms with Crippen LogP contribution in [0.5, 0.6) is 0 Å². The molecule has 1 aliphatic heterocycles. The number of benzene rings is 2. The molecule has 31 heavy (non-hydrogen) atoms. The summed E-state index contributed by atoms with van der Waals surface area (Å²) in [5.41, 5.74) is 15.2. The minimum absolute atomic E-state index is 0.291. The Morgan fingerprint density at radius 2 is 1.68 bits per heavy atom. The van der Waals surface area contributed by atoms with Crippen molar-refractivity contribution in [1.82, 2.24) is 4.90 Å². The largest absolute Gasteiger partial charge is 0.444 e. The van der Waals surface area contributed by atoms with Crippen molar-refractivity contribution < 1.29 is 14.3 Å². The molecule has 0 saturated carbocycles. The van der Waals surface area contributed by atoms with E-state index in [1.807, 2.05) is 39.8 Å². The fourth-order valence-corrected chi connectivity index (χ4v) is 3.38. The Morgan fingerprint density at radius 1 is 1.00 bits per heavy atom. The van der Waals surface area contributed by atoms with Gasteiger partial charge in [-0.05, 0) is 63.6 Å². The fraction of sp³-hybridized carbons (Fsp3) is 0.391. The van der Waals surface area contributed by atoms with Crippen molar-refractivity contribution >= 4 is 34.7 Å². The lowest BCUT2D eigenvalue weighted by Gasteiger charge is -2.37. The zero-order valence-corrected chi connectivity index (χ0v) is 18.6. The second kappa shape index (κ2) is 8.75. The van der Waals surface area contributed by atoms with E-state index in [4.69, 9.17) is 16.2 Å². The van der Waals surface area contributed by atoms with Gasteiger partial charge in [-0.25, -0.2) is 4.79 Å². The molecule has 2 aromatic carbocycles. The maximum Gasteiger partial charge on any atom is 0.410 e. The number of nitrogen functional groups attached to an aromatic ring is 2. The number of ether oxygens (including phenoxy) is 1. The molecular formula is C23H31N5O3. The van der Waals surface area contributed by atoms with Gasteiger partial charge in [0.05, 0.1) is 5.56 Å². The van der Waals surface area contributed by atoms with Crippen molar-refractivity contribution in [2.24, 2.45) is 0 Å². The first kappa shape index (κ1) is 22.3. The van der Waals surface area contributed by atoms with Gasteiger partial charge in [0.25, 0.3) is 5.91 Å². The topological polar surface area (TPSA) is 114 Å². The number of nitrogens with two attached hydrogens (primary N) is 2. The van der Waals surface area contributed by atoms with Crippen LogP contribution < -0.4 is 21.7 Å². The summed E-state index contributed by atoms with van der Waals surface area (Å²) < 4.78 is 5.45. The summed E-state index contributed by atoms with van der Waals surface area (Å²) >= 11 is 0. The molecule has 166 valence electrons. The second-order valence-corrected chi connectivity index (χ2v) is 8.75. The lowest BCUT2D eigenvalue weighted by Crippen LogP contribution is -2.50. The van der Waals surface area contributed by atoms with Crippen LogP contribution in [-0.4, -0.2) is 48.7 Å². The molecule has 2 aromatic rings. The van der Waals surface area contributed by atoms with Crippen molar-refractivity contribution in [1.29, 1.82) is 0 Å². The van der Waals surface area contributed by atoms with Crippen molar-refractivity contribution in [3.05, 3.63) is 47.5 Å². The molecule has 0 bridgehead atoms. The highest BCUT2D eigenvalue weighted by atomic mass is 16.6. The van der Waals surface area contributed by atoms with Gasteiger partial charge in [0.15, 0.2) is 0 Å². The lowest BCUT2D eigenvalue weighted by molar-refractivity contribution is 0.0240. The highest BCUT2D eigenvalue weighted by molar-refractivity contribution is 6.08. The number of aryl methyl sites for hydroxylation is 1. The first-order valence-electron chi connectivity index (χ1n) is 10.3. The maximum atomic E-state index is 12.9. The Kier molecular flexibility index (Phi) is 6.29. The van der Waals surface area contributed by atoms with Crippen LogP contribution in [-0.2, 0) is 4.74 Å². The molecule has 1 saturated heterocycles. The molecule has 3 rings (SSSR count). The van der Waals surface area contributed by atoms with E-state index in [0.29, 0.717) is 48.8 Å². The Bertz CT molecular complexity index is 976. The number of rotatable bonds is 3. The number of nitrogens with zero attached hydrogens (tertiary/aromatic N) is 2. The van der Waals surface area contributed by atoms with Crippen LogP contribution in [0.3, 0.4) is 0 Å². The first-order valence-corrected chi connectivity index (χ1v) is 10.3. The third-order valence-corrected chi connectivity index (χ3v) is 5.09. The monoisotopic (exact) mass is 425 g/mol. The number of hydrogen-bond acceptors (Lipinski definition) is 6. The van der Waals surface area contributed by atoms with Gasteiger partial charge in [-0.2, -0.15) is 0 Å². The number of carbonyl (C=O) groups is 2. The van der Waals surface area contributed by atoms with Gasteiger partial charge < -0.3 is 31.3 Å². The van der Waals surface area contributed by atoms with Gasteiger partial charge in [-0.3, -0.25) is 4.79 Å². The summed E-state index contributed by atoms with van der Waals surface area (Å²) in [5.74, 6) is -0.291. The van der Waals surface area contributed by atoms with Gasteiger partial charge in [0, 0.05) is 48.9 Å². The molecule has 0 aromatic heterocycles. The standard InChI is InChI=1S/C23H31N5O3/c1-15-5-6-16(24)13-20(15)26-21(29)18-14-17(7-8-19(18)25)27-9-11-28(12-10-27)22(30)31-23(2,3)4/h5-8,13-14H,9-12,24-25H2,1-4H3,(H,26,29). The van der Waals surface area contributed by atoms with Crippen molar-refractivity contribution in [2.45, 2.75) is 33.3 Å². The third-order valence-electron chi connectivity index (χ3n) is 5.09. The molecule has 8 heteroatoms. The van der Waals surface area contributed by atoms with Crippen LogP contribution in [0.4, 0.5) is 27.5 Å². The molecule has 0 unspecified atom stereocenters. The van der Waals surface area contributed by atoms with Crippen LogP contribution in [0.1, 0.15) is 36.7 Å². The SMILES string of the molecule is Cc1ccc(N)cc1NC(=O)c1cc(N2CCN(C(=O)OC(C)(C)C)CC2)ccc1N. The quantitative estimate of drug-likeness (QED) is 0.649. The van der Waals surface area contributed by atoms with Gasteiger partial charge in [-0.1, -0.05) is 6.07 Å². The molecule has 1 aliphatic rings. The van der Waals surface area contributed by atoms with Gasteiger partial charge >= 0.3 is 6.09 Å². The number of nitrogens with one attached hydrogen (secondary N) is 1. The maximum absolute atomic E-state index is 12.9.